The summed E-state index contributed by atoms with van der Waals surface area (Å²) in [5.41, 5.74) is 3.71. The van der Waals surface area contributed by atoms with Crippen molar-refractivity contribution in [2.75, 3.05) is 29.4 Å². The van der Waals surface area contributed by atoms with Gasteiger partial charge in [0.1, 0.15) is 25.0 Å². The van der Waals surface area contributed by atoms with Crippen molar-refractivity contribution < 1.29 is 24.5 Å². The van der Waals surface area contributed by atoms with Gasteiger partial charge in [-0.25, -0.2) is 0 Å². The van der Waals surface area contributed by atoms with Gasteiger partial charge < -0.3 is 35.6 Å². The third kappa shape index (κ3) is 19.5. The molecule has 56 heavy (non-hydrogen) atoms. The van der Waals surface area contributed by atoms with E-state index in [1.807, 2.05) is 18.2 Å². The molecule has 2 rings (SSSR count). The first kappa shape index (κ1) is 49.2. The van der Waals surface area contributed by atoms with Crippen LogP contribution in [0.5, 0.6) is 11.5 Å². The van der Waals surface area contributed by atoms with Crippen LogP contribution in [0.4, 0.5) is 17.1 Å². The molecule has 320 valence electrons. The number of rotatable bonds is 34. The summed E-state index contributed by atoms with van der Waals surface area (Å²) in [5, 5.41) is 31.5. The molecule has 0 radical (unpaired) electrons. The van der Waals surface area contributed by atoms with E-state index in [9.17, 15) is 15.0 Å². The Hall–Kier alpha value is -2.97. The third-order valence-corrected chi connectivity index (χ3v) is 11.4. The smallest absolute Gasteiger partial charge is 0.255 e. The highest BCUT2D eigenvalue weighted by atomic mass is 16.5. The number of hydrogen-bond donors (Lipinski definition) is 5. The maximum atomic E-state index is 13.8. The zero-order valence-corrected chi connectivity index (χ0v) is 36.9. The van der Waals surface area contributed by atoms with Gasteiger partial charge in [-0.05, 0) is 75.8 Å². The van der Waals surface area contributed by atoms with Crippen LogP contribution in [0.1, 0.15) is 209 Å². The number of aromatic hydroxyl groups is 2. The topological polar surface area (TPSA) is 112 Å². The van der Waals surface area contributed by atoms with E-state index in [1.54, 1.807) is 20.8 Å². The first-order chi connectivity index (χ1) is 27.2. The van der Waals surface area contributed by atoms with Gasteiger partial charge in [0.15, 0.2) is 0 Å². The molecular formula is C48H83N3O5. The molecule has 0 spiro atoms. The number of benzene rings is 2. The lowest BCUT2D eigenvalue weighted by Crippen LogP contribution is -2.20. The molecule has 2 aromatic rings. The highest BCUT2D eigenvalue weighted by Gasteiger charge is 2.20. The molecule has 2 atom stereocenters. The van der Waals surface area contributed by atoms with Crippen LogP contribution < -0.4 is 16.0 Å². The highest BCUT2D eigenvalue weighted by Crippen LogP contribution is 2.40. The number of ether oxygens (including phenoxy) is 2. The number of amides is 1. The first-order valence-corrected chi connectivity index (χ1v) is 22.9. The Labute approximate surface area is 342 Å². The monoisotopic (exact) mass is 782 g/mol. The van der Waals surface area contributed by atoms with Gasteiger partial charge in [0, 0.05) is 22.5 Å². The van der Waals surface area contributed by atoms with Crippen molar-refractivity contribution in [1.29, 1.82) is 0 Å². The van der Waals surface area contributed by atoms with Crippen molar-refractivity contribution in [3.63, 3.8) is 0 Å². The van der Waals surface area contributed by atoms with E-state index < -0.39 is 0 Å². The molecule has 1 amide bonds. The van der Waals surface area contributed by atoms with Gasteiger partial charge >= 0.3 is 0 Å². The number of carbonyl (C=O) groups excluding carboxylic acids is 1. The van der Waals surface area contributed by atoms with Crippen molar-refractivity contribution in [1.82, 2.24) is 0 Å². The number of phenolic OH excluding ortho intramolecular Hbond substituents is 2. The van der Waals surface area contributed by atoms with E-state index in [4.69, 9.17) is 9.47 Å². The fourth-order valence-corrected chi connectivity index (χ4v) is 7.43. The molecule has 0 saturated heterocycles. The fraction of sp³-hybridized carbons (Fsp3) is 0.729. The number of unbranched alkanes of at least 4 members (excludes halogenated alkanes) is 16. The summed E-state index contributed by atoms with van der Waals surface area (Å²) < 4.78 is 13.0. The molecule has 2 aromatic carbocycles. The standard InChI is InChI=1S/C48H83N3O5/c1-8-12-16-20-22-26-30-43(28-24-18-14-10-3)55-35-49-41-32-40(48(54)51-45-39(7)46(52)37(5)38(6)47(45)53)33-42(34-41)50-36-56-44(29-25-19-15-11-4)31-27-23-21-17-13-9-2/h32-34,43-44,49-50,52-53H,8-31,35-36H2,1-7H3,(H,51,54). The van der Waals surface area contributed by atoms with Crippen LogP contribution in [-0.2, 0) is 9.47 Å². The second kappa shape index (κ2) is 30.2. The van der Waals surface area contributed by atoms with E-state index in [0.717, 1.165) is 37.1 Å². The average molecular weight is 782 g/mol. The van der Waals surface area contributed by atoms with Crippen LogP contribution in [-0.4, -0.2) is 41.8 Å². The Balaban J connectivity index is 2.22. The Bertz CT molecular complexity index is 1260. The van der Waals surface area contributed by atoms with Crippen molar-refractivity contribution in [2.45, 2.75) is 215 Å². The van der Waals surface area contributed by atoms with Crippen LogP contribution in [0.25, 0.3) is 0 Å². The van der Waals surface area contributed by atoms with E-state index >= 15 is 0 Å². The summed E-state index contributed by atoms with van der Waals surface area (Å²) in [5.74, 6) is -0.349. The van der Waals surface area contributed by atoms with Gasteiger partial charge in [0.05, 0.1) is 17.9 Å². The molecule has 0 aliphatic heterocycles. The van der Waals surface area contributed by atoms with Gasteiger partial charge in [-0.15, -0.1) is 0 Å². The molecule has 5 N–H and O–H groups in total. The second-order valence-electron chi connectivity index (χ2n) is 16.2. The third-order valence-electron chi connectivity index (χ3n) is 11.4. The Morgan fingerprint density at radius 1 is 0.518 bits per heavy atom. The van der Waals surface area contributed by atoms with Gasteiger partial charge in [-0.1, -0.05) is 156 Å². The summed E-state index contributed by atoms with van der Waals surface area (Å²) in [7, 11) is 0. The first-order valence-electron chi connectivity index (χ1n) is 22.9. The van der Waals surface area contributed by atoms with Gasteiger partial charge in [0.2, 0.25) is 0 Å². The van der Waals surface area contributed by atoms with Crippen LogP contribution in [0.2, 0.25) is 0 Å². The summed E-state index contributed by atoms with van der Waals surface area (Å²) >= 11 is 0. The Kier molecular flexibility index (Phi) is 26.5. The molecular weight excluding hydrogens is 699 g/mol. The summed E-state index contributed by atoms with van der Waals surface area (Å²) in [6, 6.07) is 5.64. The Morgan fingerprint density at radius 3 is 1.29 bits per heavy atom. The van der Waals surface area contributed by atoms with E-state index in [1.165, 1.54) is 128 Å². The number of carbonyl (C=O) groups is 1. The molecule has 0 aromatic heterocycles. The molecule has 0 fully saturated rings. The molecule has 8 heteroatoms. The SMILES string of the molecule is CCCCCCCCC(CCCCCC)OCNc1cc(NCOC(CCCCCC)CCCCCCCC)cc(C(=O)Nc2c(C)c(O)c(C)c(C)c2O)c1. The summed E-state index contributed by atoms with van der Waals surface area (Å²) in [6.45, 7) is 14.9. The zero-order chi connectivity index (χ0) is 41.0. The number of hydrogen-bond acceptors (Lipinski definition) is 7. The Morgan fingerprint density at radius 2 is 0.875 bits per heavy atom. The van der Waals surface area contributed by atoms with Gasteiger partial charge in [-0.2, -0.15) is 0 Å². The summed E-state index contributed by atoms with van der Waals surface area (Å²) in [4.78, 5) is 13.8. The lowest BCUT2D eigenvalue weighted by molar-refractivity contribution is 0.0502. The number of phenols is 2. The molecule has 0 bridgehead atoms. The van der Waals surface area contributed by atoms with E-state index in [2.05, 4.69) is 43.6 Å². The largest absolute Gasteiger partial charge is 0.507 e. The molecule has 0 saturated carbocycles. The van der Waals surface area contributed by atoms with Gasteiger partial charge in [-0.3, -0.25) is 4.79 Å². The molecule has 0 heterocycles. The maximum Gasteiger partial charge on any atom is 0.255 e. The zero-order valence-electron chi connectivity index (χ0n) is 36.9. The van der Waals surface area contributed by atoms with Crippen molar-refractivity contribution in [2.24, 2.45) is 0 Å². The van der Waals surface area contributed by atoms with Crippen LogP contribution in [0.15, 0.2) is 18.2 Å². The lowest BCUT2D eigenvalue weighted by Gasteiger charge is -2.21. The molecule has 0 aliphatic carbocycles. The minimum Gasteiger partial charge on any atom is -0.507 e. The molecule has 2 unspecified atom stereocenters. The number of nitrogens with one attached hydrogen (secondary N) is 3. The summed E-state index contributed by atoms with van der Waals surface area (Å²) in [6.07, 6.45) is 29.7. The van der Waals surface area contributed by atoms with Crippen LogP contribution >= 0.6 is 0 Å². The van der Waals surface area contributed by atoms with Crippen LogP contribution in [0, 0.1) is 20.8 Å². The van der Waals surface area contributed by atoms with E-state index in [0.29, 0.717) is 35.7 Å². The van der Waals surface area contributed by atoms with Crippen LogP contribution in [0.3, 0.4) is 0 Å². The fourth-order valence-electron chi connectivity index (χ4n) is 7.43. The van der Waals surface area contributed by atoms with Crippen molar-refractivity contribution in [3.05, 3.63) is 40.5 Å². The highest BCUT2D eigenvalue weighted by molar-refractivity contribution is 6.07. The van der Waals surface area contributed by atoms with Crippen molar-refractivity contribution >= 4 is 23.0 Å². The number of anilines is 3. The second-order valence-corrected chi connectivity index (χ2v) is 16.2. The van der Waals surface area contributed by atoms with Crippen molar-refractivity contribution in [3.8, 4) is 11.5 Å². The quantitative estimate of drug-likeness (QED) is 0.0208. The average Bonchev–Trinajstić information content (AvgIpc) is 3.20. The normalized spacial score (nSPS) is 12.5. The van der Waals surface area contributed by atoms with Gasteiger partial charge in [0.25, 0.3) is 5.91 Å². The van der Waals surface area contributed by atoms with E-state index in [-0.39, 0.29) is 35.3 Å². The predicted octanol–water partition coefficient (Wildman–Crippen LogP) is 14.2. The minimum atomic E-state index is -0.381. The lowest BCUT2D eigenvalue weighted by atomic mass is 10.0. The predicted molar refractivity (Wildman–Crippen MR) is 239 cm³/mol. The maximum absolute atomic E-state index is 13.8. The minimum absolute atomic E-state index is 0.0359. The molecule has 0 aliphatic rings. The molecule has 8 nitrogen and oxygen atoms in total.